The number of hydrogen-bond acceptors (Lipinski definition) is 1. The van der Waals surface area contributed by atoms with Crippen LogP contribution in [0.15, 0.2) is 12.6 Å². The van der Waals surface area contributed by atoms with E-state index in [9.17, 15) is 0 Å². The van der Waals surface area contributed by atoms with Crippen LogP contribution in [0.3, 0.4) is 0 Å². The lowest BCUT2D eigenvalue weighted by Crippen LogP contribution is -2.19. The van der Waals surface area contributed by atoms with E-state index in [1.54, 1.807) is 6.08 Å². The summed E-state index contributed by atoms with van der Waals surface area (Å²) in [4.78, 5) is 0. The third-order valence-corrected chi connectivity index (χ3v) is 2.69. The zero-order valence-electron chi connectivity index (χ0n) is 8.96. The molecule has 0 atom stereocenters. The molecule has 13 heavy (non-hydrogen) atoms. The van der Waals surface area contributed by atoms with Crippen molar-refractivity contribution >= 4 is 6.08 Å². The first-order valence-electron chi connectivity index (χ1n) is 4.68. The van der Waals surface area contributed by atoms with Crippen LogP contribution in [0.25, 0.3) is 6.08 Å². The molecule has 0 radical (unpaired) electrons. The molecular weight excluding hydrogens is 160 g/mol. The zero-order chi connectivity index (χ0) is 10.1. The van der Waals surface area contributed by atoms with Crippen molar-refractivity contribution in [1.82, 2.24) is 9.78 Å². The van der Waals surface area contributed by atoms with Crippen LogP contribution in [-0.2, 0) is 12.5 Å². The van der Waals surface area contributed by atoms with Gasteiger partial charge in [0, 0.05) is 18.2 Å². The molecule has 0 saturated carbocycles. The van der Waals surface area contributed by atoms with Crippen LogP contribution in [0.4, 0.5) is 0 Å². The number of rotatable bonds is 3. The van der Waals surface area contributed by atoms with Crippen molar-refractivity contribution in [2.75, 3.05) is 0 Å². The summed E-state index contributed by atoms with van der Waals surface area (Å²) in [6.07, 6.45) is 2.90. The zero-order valence-corrected chi connectivity index (χ0v) is 8.96. The molecule has 2 heteroatoms. The van der Waals surface area contributed by atoms with Crippen LogP contribution in [0.5, 0.6) is 0 Å². The van der Waals surface area contributed by atoms with Gasteiger partial charge in [-0.05, 0) is 18.6 Å². The Hall–Kier alpha value is -1.05. The molecule has 0 aromatic carbocycles. The van der Waals surface area contributed by atoms with E-state index >= 15 is 0 Å². The molecule has 1 aromatic rings. The Morgan fingerprint density at radius 3 is 2.62 bits per heavy atom. The van der Waals surface area contributed by atoms with Gasteiger partial charge in [0.15, 0.2) is 0 Å². The Morgan fingerprint density at radius 2 is 2.23 bits per heavy atom. The molecule has 1 aromatic heterocycles. The topological polar surface area (TPSA) is 17.8 Å². The van der Waals surface area contributed by atoms with E-state index in [-0.39, 0.29) is 5.41 Å². The van der Waals surface area contributed by atoms with Crippen molar-refractivity contribution in [1.29, 1.82) is 0 Å². The van der Waals surface area contributed by atoms with Crippen LogP contribution in [-0.4, -0.2) is 9.78 Å². The molecule has 0 amide bonds. The fourth-order valence-corrected chi connectivity index (χ4v) is 1.40. The molecule has 2 nitrogen and oxygen atoms in total. The SMILES string of the molecule is C=Cc1cc(C(C)(C)CC)n(C)n1. The van der Waals surface area contributed by atoms with E-state index in [1.807, 2.05) is 11.7 Å². The summed E-state index contributed by atoms with van der Waals surface area (Å²) in [5.74, 6) is 0. The van der Waals surface area contributed by atoms with E-state index in [0.29, 0.717) is 0 Å². The molecular formula is C11H18N2. The molecule has 72 valence electrons. The second kappa shape index (κ2) is 3.36. The van der Waals surface area contributed by atoms with Gasteiger partial charge in [-0.1, -0.05) is 27.4 Å². The highest BCUT2D eigenvalue weighted by atomic mass is 15.3. The summed E-state index contributed by atoms with van der Waals surface area (Å²) >= 11 is 0. The minimum absolute atomic E-state index is 0.197. The third-order valence-electron chi connectivity index (χ3n) is 2.69. The minimum Gasteiger partial charge on any atom is -0.272 e. The maximum Gasteiger partial charge on any atom is 0.0848 e. The van der Waals surface area contributed by atoms with Gasteiger partial charge in [-0.2, -0.15) is 5.10 Å². The van der Waals surface area contributed by atoms with Crippen LogP contribution in [0.1, 0.15) is 38.6 Å². The average molecular weight is 178 g/mol. The van der Waals surface area contributed by atoms with Gasteiger partial charge in [0.25, 0.3) is 0 Å². The monoisotopic (exact) mass is 178 g/mol. The predicted octanol–water partition coefficient (Wildman–Crippen LogP) is 2.75. The standard InChI is InChI=1S/C11H18N2/c1-6-9-8-10(13(5)12-9)11(3,4)7-2/h6,8H,1,7H2,2-5H3. The number of aromatic nitrogens is 2. The summed E-state index contributed by atoms with van der Waals surface area (Å²) in [6, 6.07) is 2.11. The molecule has 0 spiro atoms. The van der Waals surface area contributed by atoms with Gasteiger partial charge in [-0.3, -0.25) is 4.68 Å². The van der Waals surface area contributed by atoms with Crippen molar-refractivity contribution in [3.63, 3.8) is 0 Å². The minimum atomic E-state index is 0.197. The fraction of sp³-hybridized carbons (Fsp3) is 0.545. The van der Waals surface area contributed by atoms with Gasteiger partial charge in [0.2, 0.25) is 0 Å². The van der Waals surface area contributed by atoms with Gasteiger partial charge in [-0.15, -0.1) is 0 Å². The lowest BCUT2D eigenvalue weighted by molar-refractivity contribution is 0.461. The number of hydrogen-bond donors (Lipinski definition) is 0. The molecule has 0 saturated heterocycles. The summed E-state index contributed by atoms with van der Waals surface area (Å²) in [6.45, 7) is 10.4. The Morgan fingerprint density at radius 1 is 1.62 bits per heavy atom. The second-order valence-electron chi connectivity index (χ2n) is 4.02. The first-order chi connectivity index (χ1) is 6.01. The van der Waals surface area contributed by atoms with Crippen LogP contribution in [0.2, 0.25) is 0 Å². The molecule has 1 heterocycles. The normalized spacial score (nSPS) is 11.7. The Bertz CT molecular complexity index is 308. The molecule has 0 N–H and O–H groups in total. The molecule has 0 unspecified atom stereocenters. The number of aryl methyl sites for hydroxylation is 1. The van der Waals surface area contributed by atoms with Crippen LogP contribution >= 0.6 is 0 Å². The van der Waals surface area contributed by atoms with E-state index in [2.05, 4.69) is 38.5 Å². The van der Waals surface area contributed by atoms with Crippen molar-refractivity contribution in [2.45, 2.75) is 32.6 Å². The molecule has 0 aliphatic carbocycles. The largest absolute Gasteiger partial charge is 0.272 e. The number of nitrogens with zero attached hydrogens (tertiary/aromatic N) is 2. The van der Waals surface area contributed by atoms with Gasteiger partial charge in [-0.25, -0.2) is 0 Å². The third kappa shape index (κ3) is 1.82. The Kier molecular flexibility index (Phi) is 2.60. The summed E-state index contributed by atoms with van der Waals surface area (Å²) in [5, 5.41) is 4.34. The Balaban J connectivity index is 3.14. The summed E-state index contributed by atoms with van der Waals surface area (Å²) < 4.78 is 1.94. The first kappa shape index (κ1) is 10.0. The van der Waals surface area contributed by atoms with Crippen molar-refractivity contribution in [2.24, 2.45) is 7.05 Å². The predicted molar refractivity (Wildman–Crippen MR) is 56.6 cm³/mol. The van der Waals surface area contributed by atoms with Gasteiger partial charge >= 0.3 is 0 Å². The highest BCUT2D eigenvalue weighted by Crippen LogP contribution is 2.26. The lowest BCUT2D eigenvalue weighted by atomic mass is 9.86. The van der Waals surface area contributed by atoms with E-state index in [4.69, 9.17) is 0 Å². The first-order valence-corrected chi connectivity index (χ1v) is 4.68. The van der Waals surface area contributed by atoms with E-state index < -0.39 is 0 Å². The average Bonchev–Trinajstić information content (AvgIpc) is 2.47. The van der Waals surface area contributed by atoms with Gasteiger partial charge in [0.1, 0.15) is 0 Å². The van der Waals surface area contributed by atoms with Crippen LogP contribution < -0.4 is 0 Å². The lowest BCUT2D eigenvalue weighted by Gasteiger charge is -2.22. The smallest absolute Gasteiger partial charge is 0.0848 e. The molecule has 0 bridgehead atoms. The molecule has 1 rings (SSSR count). The van der Waals surface area contributed by atoms with Crippen molar-refractivity contribution in [3.8, 4) is 0 Å². The molecule has 0 aliphatic heterocycles. The van der Waals surface area contributed by atoms with E-state index in [0.717, 1.165) is 12.1 Å². The second-order valence-corrected chi connectivity index (χ2v) is 4.02. The molecule has 0 fully saturated rings. The quantitative estimate of drug-likeness (QED) is 0.696. The van der Waals surface area contributed by atoms with Gasteiger partial charge < -0.3 is 0 Å². The van der Waals surface area contributed by atoms with Crippen molar-refractivity contribution in [3.05, 3.63) is 24.0 Å². The highest BCUT2D eigenvalue weighted by molar-refractivity contribution is 5.42. The van der Waals surface area contributed by atoms with Crippen molar-refractivity contribution < 1.29 is 0 Å². The fourth-order valence-electron chi connectivity index (χ4n) is 1.40. The Labute approximate surface area is 80.3 Å². The van der Waals surface area contributed by atoms with Gasteiger partial charge in [0.05, 0.1) is 5.69 Å². The maximum atomic E-state index is 4.34. The van der Waals surface area contributed by atoms with Crippen LogP contribution in [0, 0.1) is 0 Å². The summed E-state index contributed by atoms with van der Waals surface area (Å²) in [7, 11) is 1.99. The summed E-state index contributed by atoms with van der Waals surface area (Å²) in [5.41, 5.74) is 2.42. The maximum absolute atomic E-state index is 4.34. The van der Waals surface area contributed by atoms with E-state index in [1.165, 1.54) is 5.69 Å². The highest BCUT2D eigenvalue weighted by Gasteiger charge is 2.22. The molecule has 0 aliphatic rings.